The van der Waals surface area contributed by atoms with Crippen LogP contribution in [0.1, 0.15) is 11.7 Å². The van der Waals surface area contributed by atoms with Crippen LogP contribution in [0.25, 0.3) is 11.0 Å². The van der Waals surface area contributed by atoms with Crippen molar-refractivity contribution in [2.75, 3.05) is 5.75 Å². The van der Waals surface area contributed by atoms with Crippen molar-refractivity contribution in [3.8, 4) is 6.07 Å². The quantitative estimate of drug-likeness (QED) is 0.414. The number of para-hydroxylation sites is 3. The summed E-state index contributed by atoms with van der Waals surface area (Å²) >= 11 is 1.50. The molecule has 1 N–H and O–H groups in total. The van der Waals surface area contributed by atoms with Gasteiger partial charge in [-0.2, -0.15) is 5.26 Å². The molecule has 0 saturated heterocycles. The van der Waals surface area contributed by atoms with Gasteiger partial charge in [-0.25, -0.2) is 9.98 Å². The van der Waals surface area contributed by atoms with Crippen molar-refractivity contribution in [1.29, 1.82) is 5.26 Å². The highest BCUT2D eigenvalue weighted by atomic mass is 32.2. The van der Waals surface area contributed by atoms with Crippen LogP contribution in [0.15, 0.2) is 72.2 Å². The Labute approximate surface area is 145 Å². The highest BCUT2D eigenvalue weighted by Gasteiger charge is 2.22. The number of nitrogens with one attached hydrogen (secondary N) is 1. The first-order chi connectivity index (χ1) is 11.8. The first-order valence-electron chi connectivity index (χ1n) is 7.53. The Balaban J connectivity index is 2.01. The fourth-order valence-electron chi connectivity index (χ4n) is 2.30. The Morgan fingerprint density at radius 3 is 2.71 bits per heavy atom. The van der Waals surface area contributed by atoms with Gasteiger partial charge in [-0.15, -0.1) is 18.3 Å². The summed E-state index contributed by atoms with van der Waals surface area (Å²) in [5, 5.41) is 10.4. The SMILES string of the molecule is C=CCSC(=Nc1ccccc1)[C@@H](C#N)c1nc2ccccc2[nH]1. The molecular weight excluding hydrogens is 316 g/mol. The lowest BCUT2D eigenvalue weighted by Gasteiger charge is -2.09. The largest absolute Gasteiger partial charge is 0.341 e. The summed E-state index contributed by atoms with van der Waals surface area (Å²) in [6, 6.07) is 19.7. The van der Waals surface area contributed by atoms with Gasteiger partial charge in [0, 0.05) is 5.75 Å². The number of nitriles is 1. The van der Waals surface area contributed by atoms with Crippen LogP contribution in [-0.2, 0) is 0 Å². The molecule has 0 unspecified atom stereocenters. The molecule has 0 aliphatic carbocycles. The average Bonchev–Trinajstić information content (AvgIpc) is 3.04. The molecule has 3 aromatic rings. The van der Waals surface area contributed by atoms with Crippen molar-refractivity contribution in [3.63, 3.8) is 0 Å². The average molecular weight is 332 g/mol. The summed E-state index contributed by atoms with van der Waals surface area (Å²) in [5.74, 6) is 0.761. The topological polar surface area (TPSA) is 64.8 Å². The number of thioether (sulfide) groups is 1. The van der Waals surface area contributed by atoms with Crippen molar-refractivity contribution >= 4 is 33.5 Å². The molecule has 1 aromatic heterocycles. The monoisotopic (exact) mass is 332 g/mol. The van der Waals surface area contributed by atoms with Crippen LogP contribution in [0, 0.1) is 11.3 Å². The van der Waals surface area contributed by atoms with Gasteiger partial charge in [-0.1, -0.05) is 36.4 Å². The normalized spacial score (nSPS) is 12.7. The molecule has 3 rings (SSSR count). The van der Waals surface area contributed by atoms with E-state index in [1.165, 1.54) is 11.8 Å². The maximum atomic E-state index is 9.72. The zero-order valence-corrected chi connectivity index (χ0v) is 13.8. The smallest absolute Gasteiger partial charge is 0.152 e. The number of imidazole rings is 1. The van der Waals surface area contributed by atoms with Gasteiger partial charge >= 0.3 is 0 Å². The van der Waals surface area contributed by atoms with Crippen molar-refractivity contribution < 1.29 is 0 Å². The van der Waals surface area contributed by atoms with E-state index in [4.69, 9.17) is 0 Å². The van der Waals surface area contributed by atoms with Gasteiger partial charge in [0.2, 0.25) is 0 Å². The fourth-order valence-corrected chi connectivity index (χ4v) is 3.09. The van der Waals surface area contributed by atoms with Crippen LogP contribution >= 0.6 is 11.8 Å². The number of nitrogens with zero attached hydrogens (tertiary/aromatic N) is 3. The second kappa shape index (κ2) is 7.62. The zero-order chi connectivity index (χ0) is 16.8. The zero-order valence-electron chi connectivity index (χ0n) is 13.0. The lowest BCUT2D eigenvalue weighted by Crippen LogP contribution is -2.09. The highest BCUT2D eigenvalue weighted by molar-refractivity contribution is 8.14. The lowest BCUT2D eigenvalue weighted by molar-refractivity contribution is 1.02. The maximum Gasteiger partial charge on any atom is 0.152 e. The molecule has 0 saturated carbocycles. The number of hydrogen-bond donors (Lipinski definition) is 1. The number of fused-ring (bicyclic) bond motifs is 1. The Hall–Kier alpha value is -2.84. The molecule has 0 spiro atoms. The van der Waals surface area contributed by atoms with E-state index in [1.807, 2.05) is 54.6 Å². The predicted octanol–water partition coefficient (Wildman–Crippen LogP) is 4.82. The Kier molecular flexibility index (Phi) is 5.09. The third kappa shape index (κ3) is 3.55. The van der Waals surface area contributed by atoms with Crippen LogP contribution in [0.5, 0.6) is 0 Å². The Morgan fingerprint density at radius 1 is 1.25 bits per heavy atom. The maximum absolute atomic E-state index is 9.72. The minimum atomic E-state index is -0.539. The lowest BCUT2D eigenvalue weighted by atomic mass is 10.2. The second-order valence-corrected chi connectivity index (χ2v) is 6.13. The first-order valence-corrected chi connectivity index (χ1v) is 8.52. The second-order valence-electron chi connectivity index (χ2n) is 5.09. The van der Waals surface area contributed by atoms with Crippen LogP contribution in [0.4, 0.5) is 5.69 Å². The van der Waals surface area contributed by atoms with Crippen LogP contribution in [0.2, 0.25) is 0 Å². The summed E-state index contributed by atoms with van der Waals surface area (Å²) in [5.41, 5.74) is 2.58. The minimum absolute atomic E-state index is 0.539. The third-order valence-electron chi connectivity index (χ3n) is 3.40. The molecule has 0 radical (unpaired) electrons. The van der Waals surface area contributed by atoms with Crippen LogP contribution < -0.4 is 0 Å². The molecular formula is C19H16N4S. The molecule has 4 nitrogen and oxygen atoms in total. The molecule has 1 heterocycles. The molecule has 0 bridgehead atoms. The first kappa shape index (κ1) is 16.0. The number of aromatic nitrogens is 2. The van der Waals surface area contributed by atoms with Gasteiger partial charge in [-0.3, -0.25) is 0 Å². The Morgan fingerprint density at radius 2 is 2.00 bits per heavy atom. The number of benzene rings is 2. The molecule has 1 atom stereocenters. The van der Waals surface area contributed by atoms with Crippen LogP contribution in [0.3, 0.4) is 0 Å². The van der Waals surface area contributed by atoms with E-state index >= 15 is 0 Å². The highest BCUT2D eigenvalue weighted by Crippen LogP contribution is 2.27. The van der Waals surface area contributed by atoms with Crippen molar-refractivity contribution in [2.45, 2.75) is 5.92 Å². The number of hydrogen-bond acceptors (Lipinski definition) is 4. The van der Waals surface area contributed by atoms with Gasteiger partial charge in [0.1, 0.15) is 5.82 Å². The number of rotatable bonds is 5. The minimum Gasteiger partial charge on any atom is -0.341 e. The van der Waals surface area contributed by atoms with Crippen molar-refractivity contribution in [3.05, 3.63) is 73.1 Å². The molecule has 2 aromatic carbocycles. The molecule has 0 amide bonds. The summed E-state index contributed by atoms with van der Waals surface area (Å²) in [4.78, 5) is 12.5. The van der Waals surface area contributed by atoms with Crippen LogP contribution in [-0.4, -0.2) is 20.8 Å². The van der Waals surface area contributed by atoms with Gasteiger partial charge in [0.25, 0.3) is 0 Å². The molecule has 0 fully saturated rings. The molecule has 5 heteroatoms. The molecule has 0 aliphatic rings. The molecule has 118 valence electrons. The summed E-state index contributed by atoms with van der Waals surface area (Å²) in [7, 11) is 0. The van der Waals surface area contributed by atoms with Crippen molar-refractivity contribution in [2.24, 2.45) is 4.99 Å². The third-order valence-corrected chi connectivity index (χ3v) is 4.43. The number of aliphatic imine (C=N–C) groups is 1. The van der Waals surface area contributed by atoms with E-state index in [-0.39, 0.29) is 0 Å². The van der Waals surface area contributed by atoms with E-state index in [2.05, 4.69) is 27.6 Å². The van der Waals surface area contributed by atoms with E-state index in [9.17, 15) is 5.26 Å². The molecule has 0 aliphatic heterocycles. The standard InChI is InChI=1S/C19H16N4S/c1-2-12-24-19(21-14-8-4-3-5-9-14)15(13-20)18-22-16-10-6-7-11-17(16)23-18/h2-11,15H,1,12H2,(H,22,23)/t15-/m0/s1. The van der Waals surface area contributed by atoms with E-state index in [0.29, 0.717) is 16.6 Å². The van der Waals surface area contributed by atoms with Gasteiger partial charge in [0.15, 0.2) is 5.92 Å². The fraction of sp³-hybridized carbons (Fsp3) is 0.105. The van der Waals surface area contributed by atoms with Crippen molar-refractivity contribution in [1.82, 2.24) is 9.97 Å². The van der Waals surface area contributed by atoms with E-state index in [1.54, 1.807) is 6.08 Å². The Bertz CT molecular complexity index is 873. The van der Waals surface area contributed by atoms with E-state index < -0.39 is 5.92 Å². The van der Waals surface area contributed by atoms with Gasteiger partial charge in [-0.05, 0) is 24.3 Å². The summed E-state index contributed by atoms with van der Waals surface area (Å²) < 4.78 is 0. The summed E-state index contributed by atoms with van der Waals surface area (Å²) in [6.07, 6.45) is 1.80. The predicted molar refractivity (Wildman–Crippen MR) is 101 cm³/mol. The summed E-state index contributed by atoms with van der Waals surface area (Å²) in [6.45, 7) is 3.75. The molecule has 24 heavy (non-hydrogen) atoms. The van der Waals surface area contributed by atoms with Gasteiger partial charge in [0.05, 0.1) is 27.8 Å². The number of H-pyrrole nitrogens is 1. The van der Waals surface area contributed by atoms with E-state index in [0.717, 1.165) is 16.7 Å². The number of aromatic amines is 1. The van der Waals surface area contributed by atoms with Gasteiger partial charge < -0.3 is 4.98 Å².